The highest BCUT2D eigenvalue weighted by Crippen LogP contribution is 2.41. The van der Waals surface area contributed by atoms with Crippen LogP contribution in [-0.4, -0.2) is 60.9 Å². The number of nitrogens with zero attached hydrogens (tertiary/aromatic N) is 2. The number of fused-ring (bicyclic) bond motifs is 1. The number of ketones is 1. The predicted octanol–water partition coefficient (Wildman–Crippen LogP) is 5.81. The Hall–Kier alpha value is -4.27. The number of rotatable bonds is 10. The average Bonchev–Trinajstić information content (AvgIpc) is 3.49. The summed E-state index contributed by atoms with van der Waals surface area (Å²) in [7, 11) is 5.26. The number of carbonyl (C=O) groups is 2. The van der Waals surface area contributed by atoms with Gasteiger partial charge in [-0.1, -0.05) is 54.1 Å². The number of ether oxygens (including phenoxy) is 2. The highest BCUT2D eigenvalue weighted by molar-refractivity contribution is 6.31. The van der Waals surface area contributed by atoms with E-state index in [0.29, 0.717) is 52.8 Å². The van der Waals surface area contributed by atoms with Crippen molar-refractivity contribution in [2.75, 3.05) is 34.3 Å². The van der Waals surface area contributed by atoms with Gasteiger partial charge >= 0.3 is 0 Å². The van der Waals surface area contributed by atoms with Crippen LogP contribution in [0, 0.1) is 0 Å². The van der Waals surface area contributed by atoms with Gasteiger partial charge in [0.1, 0.15) is 12.4 Å². The summed E-state index contributed by atoms with van der Waals surface area (Å²) >= 11 is 6.19. The van der Waals surface area contributed by atoms with Gasteiger partial charge in [0, 0.05) is 29.6 Å². The Bertz CT molecular complexity index is 1580. The largest absolute Gasteiger partial charge is 0.503 e. The molecule has 1 unspecified atom stereocenters. The molecule has 1 amide bonds. The zero-order valence-electron chi connectivity index (χ0n) is 22.4. The Morgan fingerprint density at radius 2 is 1.80 bits per heavy atom. The van der Waals surface area contributed by atoms with Crippen molar-refractivity contribution in [3.63, 3.8) is 0 Å². The van der Waals surface area contributed by atoms with Crippen molar-refractivity contribution in [3.8, 4) is 11.5 Å². The van der Waals surface area contributed by atoms with Gasteiger partial charge in [-0.3, -0.25) is 9.59 Å². The van der Waals surface area contributed by atoms with Crippen LogP contribution in [0.1, 0.15) is 27.7 Å². The first-order valence-corrected chi connectivity index (χ1v) is 13.1. The average molecular weight is 561 g/mol. The third-order valence-corrected chi connectivity index (χ3v) is 6.99. The summed E-state index contributed by atoms with van der Waals surface area (Å²) in [6, 6.07) is 21.0. The molecule has 3 aromatic carbocycles. The number of benzene rings is 3. The summed E-state index contributed by atoms with van der Waals surface area (Å²) < 4.78 is 17.1. The van der Waals surface area contributed by atoms with Gasteiger partial charge in [0.15, 0.2) is 22.9 Å². The maximum atomic E-state index is 13.9. The molecule has 1 aliphatic heterocycles. The number of likely N-dealkylation sites (N-methyl/N-ethyl adjacent to an activating group) is 1. The highest BCUT2D eigenvalue weighted by Gasteiger charge is 2.44. The lowest BCUT2D eigenvalue weighted by Gasteiger charge is -2.28. The number of furan rings is 1. The predicted molar refractivity (Wildman–Crippen MR) is 152 cm³/mol. The zero-order valence-corrected chi connectivity index (χ0v) is 23.1. The smallest absolute Gasteiger partial charge is 0.290 e. The Morgan fingerprint density at radius 3 is 2.48 bits per heavy atom. The van der Waals surface area contributed by atoms with Crippen molar-refractivity contribution in [2.24, 2.45) is 0 Å². The number of Topliss-reactive ketones (excluding diaryl/α,β-unsaturated/α-hetero) is 1. The molecule has 0 bridgehead atoms. The van der Waals surface area contributed by atoms with Crippen LogP contribution in [-0.2, 0) is 11.4 Å². The monoisotopic (exact) mass is 560 g/mol. The Labute approximate surface area is 237 Å². The van der Waals surface area contributed by atoms with Gasteiger partial charge in [-0.05, 0) is 49.5 Å². The quantitative estimate of drug-likeness (QED) is 0.245. The van der Waals surface area contributed by atoms with Gasteiger partial charge in [-0.2, -0.15) is 0 Å². The number of aliphatic hydroxyl groups is 1. The van der Waals surface area contributed by atoms with E-state index in [2.05, 4.69) is 0 Å². The van der Waals surface area contributed by atoms with E-state index < -0.39 is 23.5 Å². The number of amides is 1. The molecule has 1 aromatic heterocycles. The number of carbonyl (C=O) groups excluding carboxylic acids is 2. The second-order valence-electron chi connectivity index (χ2n) is 9.78. The van der Waals surface area contributed by atoms with E-state index in [1.54, 1.807) is 36.4 Å². The normalized spacial score (nSPS) is 15.4. The first-order valence-electron chi connectivity index (χ1n) is 12.7. The van der Waals surface area contributed by atoms with Crippen LogP contribution in [0.3, 0.4) is 0 Å². The lowest BCUT2D eigenvalue weighted by molar-refractivity contribution is -0.129. The van der Waals surface area contributed by atoms with Crippen LogP contribution in [0.25, 0.3) is 11.0 Å². The maximum Gasteiger partial charge on any atom is 0.290 e. The fraction of sp³-hybridized carbons (Fsp3) is 0.226. The standard InChI is InChI=1S/C31H29ClN2O6/c1-33(2)13-14-34-27(20-9-11-23(12-10-20)39-18-19-7-5-4-6-8-19)26(29(36)31(34)37)28(35)24-16-21-15-22(32)17-25(38-3)30(21)40-24/h4-12,15-17,27,36H,13-14,18H2,1-3H3. The van der Waals surface area contributed by atoms with Gasteiger partial charge in [0.25, 0.3) is 5.91 Å². The van der Waals surface area contributed by atoms with Gasteiger partial charge in [-0.25, -0.2) is 0 Å². The molecule has 0 fully saturated rings. The molecule has 206 valence electrons. The van der Waals surface area contributed by atoms with Crippen molar-refractivity contribution >= 4 is 34.3 Å². The summed E-state index contributed by atoms with van der Waals surface area (Å²) in [4.78, 5) is 30.5. The Kier molecular flexibility index (Phi) is 7.82. The second kappa shape index (κ2) is 11.5. The van der Waals surface area contributed by atoms with Gasteiger partial charge in [0.05, 0.1) is 18.7 Å². The summed E-state index contributed by atoms with van der Waals surface area (Å²) in [5, 5.41) is 12.0. The number of hydrogen-bond acceptors (Lipinski definition) is 7. The highest BCUT2D eigenvalue weighted by atomic mass is 35.5. The van der Waals surface area contributed by atoms with Crippen molar-refractivity contribution in [2.45, 2.75) is 12.6 Å². The molecule has 0 saturated heterocycles. The third-order valence-electron chi connectivity index (χ3n) is 6.77. The molecule has 4 aromatic rings. The molecule has 0 radical (unpaired) electrons. The fourth-order valence-electron chi connectivity index (χ4n) is 4.74. The molecule has 0 aliphatic carbocycles. The minimum atomic E-state index is -0.818. The summed E-state index contributed by atoms with van der Waals surface area (Å²) in [5.41, 5.74) is 1.99. The maximum absolute atomic E-state index is 13.9. The molecular weight excluding hydrogens is 532 g/mol. The molecule has 1 atom stereocenters. The number of methoxy groups -OCH3 is 1. The van der Waals surface area contributed by atoms with E-state index in [0.717, 1.165) is 5.56 Å². The molecule has 9 heteroatoms. The van der Waals surface area contributed by atoms with E-state index in [9.17, 15) is 14.7 Å². The van der Waals surface area contributed by atoms with Crippen LogP contribution in [0.5, 0.6) is 11.5 Å². The molecule has 8 nitrogen and oxygen atoms in total. The van der Waals surface area contributed by atoms with Crippen molar-refractivity contribution in [3.05, 3.63) is 106 Å². The van der Waals surface area contributed by atoms with E-state index in [-0.39, 0.29) is 11.3 Å². The zero-order chi connectivity index (χ0) is 28.4. The minimum Gasteiger partial charge on any atom is -0.503 e. The molecule has 0 spiro atoms. The molecule has 0 saturated carbocycles. The molecule has 1 aliphatic rings. The first-order chi connectivity index (χ1) is 19.3. The van der Waals surface area contributed by atoms with Crippen LogP contribution in [0.15, 0.2) is 88.5 Å². The summed E-state index contributed by atoms with van der Waals surface area (Å²) in [6.07, 6.45) is 0. The van der Waals surface area contributed by atoms with E-state index in [1.807, 2.05) is 49.3 Å². The topological polar surface area (TPSA) is 92.5 Å². The van der Waals surface area contributed by atoms with Crippen molar-refractivity contribution < 1.29 is 28.6 Å². The van der Waals surface area contributed by atoms with Gasteiger partial charge < -0.3 is 28.8 Å². The summed E-state index contributed by atoms with van der Waals surface area (Å²) in [6.45, 7) is 1.24. The lowest BCUT2D eigenvalue weighted by atomic mass is 9.95. The van der Waals surface area contributed by atoms with Crippen molar-refractivity contribution in [1.82, 2.24) is 9.80 Å². The number of halogens is 1. The SMILES string of the molecule is COc1cc(Cl)cc2cc(C(=O)C3=C(O)C(=O)N(CCN(C)C)C3c3ccc(OCc4ccccc4)cc3)oc12. The summed E-state index contributed by atoms with van der Waals surface area (Å²) in [5.74, 6) is -0.828. The minimum absolute atomic E-state index is 0.0350. The van der Waals surface area contributed by atoms with Crippen molar-refractivity contribution in [1.29, 1.82) is 0 Å². The second-order valence-corrected chi connectivity index (χ2v) is 10.2. The lowest BCUT2D eigenvalue weighted by Crippen LogP contribution is -2.36. The molecule has 1 N–H and O–H groups in total. The molecular formula is C31H29ClN2O6. The fourth-order valence-corrected chi connectivity index (χ4v) is 4.96. The Morgan fingerprint density at radius 1 is 1.07 bits per heavy atom. The van der Waals surface area contributed by atoms with E-state index >= 15 is 0 Å². The van der Waals surface area contributed by atoms with E-state index in [4.69, 9.17) is 25.5 Å². The number of hydrogen-bond donors (Lipinski definition) is 1. The van der Waals surface area contributed by atoms with Crippen LogP contribution in [0.4, 0.5) is 0 Å². The third kappa shape index (κ3) is 5.41. The van der Waals surface area contributed by atoms with Gasteiger partial charge in [0.2, 0.25) is 5.78 Å². The van der Waals surface area contributed by atoms with Gasteiger partial charge in [-0.15, -0.1) is 0 Å². The molecule has 2 heterocycles. The number of aliphatic hydroxyl groups excluding tert-OH is 1. The molecule has 40 heavy (non-hydrogen) atoms. The van der Waals surface area contributed by atoms with E-state index in [1.165, 1.54) is 18.1 Å². The first kappa shape index (κ1) is 27.3. The van der Waals surface area contributed by atoms with Crippen LogP contribution >= 0.6 is 11.6 Å². The van der Waals surface area contributed by atoms with Crippen LogP contribution < -0.4 is 9.47 Å². The van der Waals surface area contributed by atoms with Crippen LogP contribution in [0.2, 0.25) is 5.02 Å². The Balaban J connectivity index is 1.49. The molecule has 5 rings (SSSR count).